The molecule has 5 heteroatoms. The van der Waals surface area contributed by atoms with Gasteiger partial charge in [-0.1, -0.05) is 23.7 Å². The van der Waals surface area contributed by atoms with Crippen LogP contribution in [0.5, 0.6) is 0 Å². The van der Waals surface area contributed by atoms with Gasteiger partial charge in [0.15, 0.2) is 0 Å². The summed E-state index contributed by atoms with van der Waals surface area (Å²) in [5, 5.41) is 13.0. The van der Waals surface area contributed by atoms with Crippen molar-refractivity contribution in [3.8, 4) is 0 Å². The van der Waals surface area contributed by atoms with E-state index in [9.17, 15) is 14.7 Å². The predicted octanol–water partition coefficient (Wildman–Crippen LogP) is 2.75. The molecule has 1 amide bonds. The average molecular weight is 322 g/mol. The second-order valence-electron chi connectivity index (χ2n) is 6.39. The molecule has 1 aromatic carbocycles. The first kappa shape index (κ1) is 15.3. The number of carbonyl (C=O) groups excluding carboxylic acids is 1. The number of benzene rings is 1. The first-order valence-corrected chi connectivity index (χ1v) is 8.19. The van der Waals surface area contributed by atoms with E-state index in [4.69, 9.17) is 11.6 Å². The molecule has 4 nitrogen and oxygen atoms in total. The molecule has 0 heterocycles. The highest BCUT2D eigenvalue weighted by Crippen LogP contribution is 2.52. The Labute approximate surface area is 134 Å². The number of amides is 1. The Kier molecular flexibility index (Phi) is 4.39. The highest BCUT2D eigenvalue weighted by Gasteiger charge is 2.53. The second kappa shape index (κ2) is 6.29. The zero-order chi connectivity index (χ0) is 15.7. The fourth-order valence-electron chi connectivity index (χ4n) is 4.16. The normalized spacial score (nSPS) is 29.5. The van der Waals surface area contributed by atoms with Crippen LogP contribution in [0, 0.1) is 23.7 Å². The molecule has 1 aromatic rings. The van der Waals surface area contributed by atoms with Crippen molar-refractivity contribution in [2.24, 2.45) is 23.7 Å². The molecular weight excluding hydrogens is 302 g/mol. The summed E-state index contributed by atoms with van der Waals surface area (Å²) in [4.78, 5) is 23.9. The zero-order valence-corrected chi connectivity index (χ0v) is 13.1. The van der Waals surface area contributed by atoms with Crippen LogP contribution in [0.15, 0.2) is 24.3 Å². The van der Waals surface area contributed by atoms with E-state index in [1.165, 1.54) is 0 Å². The minimum Gasteiger partial charge on any atom is -0.481 e. The van der Waals surface area contributed by atoms with Crippen LogP contribution in [0.4, 0.5) is 0 Å². The number of carbonyl (C=O) groups is 2. The summed E-state index contributed by atoms with van der Waals surface area (Å²) < 4.78 is 0. The average Bonchev–Trinajstić information content (AvgIpc) is 3.07. The largest absolute Gasteiger partial charge is 0.481 e. The lowest BCUT2D eigenvalue weighted by molar-refractivity contribution is -0.149. The molecule has 0 aliphatic heterocycles. The molecular formula is C17H20ClNO3. The summed E-state index contributed by atoms with van der Waals surface area (Å²) in [6.07, 6.45) is 3.53. The molecule has 2 aliphatic rings. The van der Waals surface area contributed by atoms with Gasteiger partial charge >= 0.3 is 5.97 Å². The molecule has 0 unspecified atom stereocenters. The fourth-order valence-corrected chi connectivity index (χ4v) is 4.38. The standard InChI is InChI=1S/C17H20ClNO3/c18-13-3-1-2-10(8-13)6-7-19-16(20)14-11-4-5-12(9-11)15(14)17(21)22/h1-3,8,11-12,14-15H,4-7,9H2,(H,19,20)(H,21,22)/t11-,12+,14+,15+/m1/s1. The van der Waals surface area contributed by atoms with Crippen LogP contribution < -0.4 is 5.32 Å². The van der Waals surface area contributed by atoms with Crippen molar-refractivity contribution in [3.63, 3.8) is 0 Å². The lowest BCUT2D eigenvalue weighted by Gasteiger charge is -2.27. The monoisotopic (exact) mass is 321 g/mol. The molecule has 2 fully saturated rings. The van der Waals surface area contributed by atoms with E-state index in [1.807, 2.05) is 24.3 Å². The van der Waals surface area contributed by atoms with E-state index >= 15 is 0 Å². The summed E-state index contributed by atoms with van der Waals surface area (Å²) in [6.45, 7) is 0.513. The van der Waals surface area contributed by atoms with E-state index in [1.54, 1.807) is 0 Å². The van der Waals surface area contributed by atoms with Crippen LogP contribution >= 0.6 is 11.6 Å². The molecule has 2 saturated carbocycles. The number of carboxylic acids is 1. The van der Waals surface area contributed by atoms with Gasteiger partial charge in [-0.2, -0.15) is 0 Å². The maximum atomic E-state index is 12.4. The van der Waals surface area contributed by atoms with Crippen molar-refractivity contribution in [2.45, 2.75) is 25.7 Å². The fraction of sp³-hybridized carbons (Fsp3) is 0.529. The first-order chi connectivity index (χ1) is 10.6. The van der Waals surface area contributed by atoms with Crippen molar-refractivity contribution >= 4 is 23.5 Å². The summed E-state index contributed by atoms with van der Waals surface area (Å²) in [5.41, 5.74) is 1.07. The van der Waals surface area contributed by atoms with Crippen molar-refractivity contribution in [1.82, 2.24) is 5.32 Å². The van der Waals surface area contributed by atoms with E-state index in [2.05, 4.69) is 5.32 Å². The predicted molar refractivity (Wildman–Crippen MR) is 83.6 cm³/mol. The number of rotatable bonds is 5. The van der Waals surface area contributed by atoms with E-state index < -0.39 is 11.9 Å². The molecule has 4 atom stereocenters. The number of hydrogen-bond donors (Lipinski definition) is 2. The Hall–Kier alpha value is -1.55. The van der Waals surface area contributed by atoms with Crippen molar-refractivity contribution in [2.75, 3.05) is 6.54 Å². The van der Waals surface area contributed by atoms with Gasteiger partial charge in [0.2, 0.25) is 5.91 Å². The van der Waals surface area contributed by atoms with Gasteiger partial charge in [0.25, 0.3) is 0 Å². The minimum absolute atomic E-state index is 0.0957. The number of hydrogen-bond acceptors (Lipinski definition) is 2. The second-order valence-corrected chi connectivity index (χ2v) is 6.83. The Bertz CT molecular complexity index is 589. The molecule has 2 bridgehead atoms. The van der Waals surface area contributed by atoms with Crippen LogP contribution in [0.3, 0.4) is 0 Å². The summed E-state index contributed by atoms with van der Waals surface area (Å²) in [5.74, 6) is -1.33. The molecule has 3 rings (SSSR count). The van der Waals surface area contributed by atoms with E-state index in [0.717, 1.165) is 24.8 Å². The molecule has 22 heavy (non-hydrogen) atoms. The molecule has 2 aliphatic carbocycles. The SMILES string of the molecule is O=C(O)[C@H]1[C@H]2CC[C@H](C2)[C@@H]1C(=O)NCCc1cccc(Cl)c1. The summed E-state index contributed by atoms with van der Waals surface area (Å²) >= 11 is 5.93. The van der Waals surface area contributed by atoms with Crippen molar-refractivity contribution < 1.29 is 14.7 Å². The highest BCUT2D eigenvalue weighted by atomic mass is 35.5. The molecule has 0 aromatic heterocycles. The molecule has 118 valence electrons. The number of nitrogens with one attached hydrogen (secondary N) is 1. The lowest BCUT2D eigenvalue weighted by atomic mass is 9.78. The molecule has 0 radical (unpaired) electrons. The topological polar surface area (TPSA) is 66.4 Å². The van der Waals surface area contributed by atoms with Gasteiger partial charge in [0.1, 0.15) is 0 Å². The highest BCUT2D eigenvalue weighted by molar-refractivity contribution is 6.30. The molecule has 0 spiro atoms. The third-order valence-corrected chi connectivity index (χ3v) is 5.34. The van der Waals surface area contributed by atoms with Gasteiger partial charge in [-0.05, 0) is 55.2 Å². The molecule has 2 N–H and O–H groups in total. The Morgan fingerprint density at radius 1 is 1.23 bits per heavy atom. The maximum absolute atomic E-state index is 12.4. The van der Waals surface area contributed by atoms with Gasteiger partial charge in [0.05, 0.1) is 11.8 Å². The van der Waals surface area contributed by atoms with Gasteiger partial charge in [-0.25, -0.2) is 0 Å². The third-order valence-electron chi connectivity index (χ3n) is 5.11. The smallest absolute Gasteiger partial charge is 0.307 e. The molecule has 0 saturated heterocycles. The van der Waals surface area contributed by atoms with Crippen molar-refractivity contribution in [3.05, 3.63) is 34.9 Å². The number of halogens is 1. The summed E-state index contributed by atoms with van der Waals surface area (Å²) in [7, 11) is 0. The van der Waals surface area contributed by atoms with Crippen LogP contribution in [-0.4, -0.2) is 23.5 Å². The quantitative estimate of drug-likeness (QED) is 0.876. The number of fused-ring (bicyclic) bond motifs is 2. The number of carboxylic acid groups (broad SMARTS) is 1. The first-order valence-electron chi connectivity index (χ1n) is 7.81. The van der Waals surface area contributed by atoms with Crippen LogP contribution in [0.1, 0.15) is 24.8 Å². The van der Waals surface area contributed by atoms with Crippen LogP contribution in [-0.2, 0) is 16.0 Å². The Morgan fingerprint density at radius 3 is 2.64 bits per heavy atom. The maximum Gasteiger partial charge on any atom is 0.307 e. The lowest BCUT2D eigenvalue weighted by Crippen LogP contribution is -2.41. The van der Waals surface area contributed by atoms with E-state index in [0.29, 0.717) is 18.0 Å². The third kappa shape index (κ3) is 2.98. The van der Waals surface area contributed by atoms with Crippen LogP contribution in [0.25, 0.3) is 0 Å². The van der Waals surface area contributed by atoms with E-state index in [-0.39, 0.29) is 23.7 Å². The minimum atomic E-state index is -0.817. The van der Waals surface area contributed by atoms with Crippen LogP contribution in [0.2, 0.25) is 5.02 Å². The van der Waals surface area contributed by atoms with Gasteiger partial charge in [-0.15, -0.1) is 0 Å². The summed E-state index contributed by atoms with van der Waals surface area (Å²) in [6, 6.07) is 7.55. The van der Waals surface area contributed by atoms with Gasteiger partial charge in [0, 0.05) is 11.6 Å². The zero-order valence-electron chi connectivity index (χ0n) is 12.3. The Morgan fingerprint density at radius 2 is 1.95 bits per heavy atom. The van der Waals surface area contributed by atoms with Gasteiger partial charge in [-0.3, -0.25) is 9.59 Å². The van der Waals surface area contributed by atoms with Gasteiger partial charge < -0.3 is 10.4 Å². The Balaban J connectivity index is 1.56. The van der Waals surface area contributed by atoms with Crippen molar-refractivity contribution in [1.29, 1.82) is 0 Å². The number of aliphatic carboxylic acids is 1.